The minimum Gasteiger partial charge on any atom is -0.478 e. The van der Waals surface area contributed by atoms with Crippen molar-refractivity contribution in [2.24, 2.45) is 7.05 Å². The lowest BCUT2D eigenvalue weighted by molar-refractivity contribution is 0.0697. The molecule has 2 aromatic rings. The summed E-state index contributed by atoms with van der Waals surface area (Å²) in [6.45, 7) is 1.72. The highest BCUT2D eigenvalue weighted by atomic mass is 16.4. The van der Waals surface area contributed by atoms with Crippen molar-refractivity contribution in [1.82, 2.24) is 19.7 Å². The van der Waals surface area contributed by atoms with E-state index in [-0.39, 0.29) is 5.56 Å². The molecule has 0 saturated carbocycles. The van der Waals surface area contributed by atoms with Gasteiger partial charge in [-0.15, -0.1) is 0 Å². The number of fused-ring (bicyclic) bond motifs is 1. The summed E-state index contributed by atoms with van der Waals surface area (Å²) in [5.74, 6) is -0.970. The van der Waals surface area contributed by atoms with Crippen LogP contribution in [0, 0.1) is 0 Å². The zero-order chi connectivity index (χ0) is 15.6. The molecular weight excluding hydrogens is 270 g/mol. The number of hydrogen-bond donors (Lipinski definition) is 1. The van der Waals surface area contributed by atoms with Crippen molar-refractivity contribution in [2.75, 3.05) is 39.1 Å². The van der Waals surface area contributed by atoms with Crippen LogP contribution >= 0.6 is 0 Å². The normalized spacial score (nSPS) is 11.3. The van der Waals surface area contributed by atoms with Crippen LogP contribution in [0.3, 0.4) is 0 Å². The number of hydrogen-bond acceptors (Lipinski definition) is 5. The van der Waals surface area contributed by atoms with E-state index in [4.69, 9.17) is 0 Å². The summed E-state index contributed by atoms with van der Waals surface area (Å²) in [5, 5.41) is 14.3. The maximum atomic E-state index is 11.5. The Labute approximate surface area is 123 Å². The first-order valence-electron chi connectivity index (χ1n) is 6.81. The van der Waals surface area contributed by atoms with E-state index in [9.17, 15) is 9.90 Å². The van der Waals surface area contributed by atoms with Crippen molar-refractivity contribution < 1.29 is 9.90 Å². The third-order valence-electron chi connectivity index (χ3n) is 3.44. The van der Waals surface area contributed by atoms with Gasteiger partial charge >= 0.3 is 5.97 Å². The number of aryl methyl sites for hydroxylation is 1. The van der Waals surface area contributed by atoms with Gasteiger partial charge in [0.1, 0.15) is 5.56 Å². The zero-order valence-corrected chi connectivity index (χ0v) is 12.9. The van der Waals surface area contributed by atoms with Gasteiger partial charge in [-0.25, -0.2) is 9.78 Å². The van der Waals surface area contributed by atoms with Gasteiger partial charge in [0.2, 0.25) is 0 Å². The molecule has 114 valence electrons. The third kappa shape index (κ3) is 3.13. The molecule has 21 heavy (non-hydrogen) atoms. The van der Waals surface area contributed by atoms with Crippen LogP contribution in [-0.2, 0) is 7.05 Å². The smallest absolute Gasteiger partial charge is 0.339 e. The van der Waals surface area contributed by atoms with Crippen LogP contribution in [0.1, 0.15) is 16.8 Å². The first-order chi connectivity index (χ1) is 9.91. The van der Waals surface area contributed by atoms with Crippen molar-refractivity contribution in [2.45, 2.75) is 6.42 Å². The number of rotatable bonds is 6. The zero-order valence-electron chi connectivity index (χ0n) is 12.9. The molecule has 2 rings (SSSR count). The van der Waals surface area contributed by atoms with Crippen molar-refractivity contribution >= 4 is 22.7 Å². The fraction of sp³-hybridized carbons (Fsp3) is 0.500. The number of pyridine rings is 1. The van der Waals surface area contributed by atoms with Crippen molar-refractivity contribution in [3.05, 3.63) is 18.0 Å². The van der Waals surface area contributed by atoms with E-state index in [1.54, 1.807) is 17.9 Å². The Morgan fingerprint density at radius 1 is 1.29 bits per heavy atom. The van der Waals surface area contributed by atoms with Gasteiger partial charge in [0.15, 0.2) is 5.65 Å². The van der Waals surface area contributed by atoms with Crippen LogP contribution in [-0.4, -0.2) is 65.0 Å². The van der Waals surface area contributed by atoms with Gasteiger partial charge < -0.3 is 14.9 Å². The molecule has 0 saturated heterocycles. The fourth-order valence-electron chi connectivity index (χ4n) is 2.39. The molecule has 0 fully saturated rings. The van der Waals surface area contributed by atoms with E-state index < -0.39 is 5.97 Å². The number of carboxylic acids is 1. The summed E-state index contributed by atoms with van der Waals surface area (Å²) in [6, 6.07) is 0. The molecule has 2 heterocycles. The molecule has 2 aromatic heterocycles. The molecule has 0 spiro atoms. The summed E-state index contributed by atoms with van der Waals surface area (Å²) in [7, 11) is 7.75. The minimum absolute atomic E-state index is 0.211. The Hall–Kier alpha value is -2.15. The third-order valence-corrected chi connectivity index (χ3v) is 3.44. The monoisotopic (exact) mass is 291 g/mol. The van der Waals surface area contributed by atoms with Gasteiger partial charge in [-0.1, -0.05) is 0 Å². The van der Waals surface area contributed by atoms with E-state index in [1.165, 1.54) is 6.20 Å². The quantitative estimate of drug-likeness (QED) is 0.857. The largest absolute Gasteiger partial charge is 0.478 e. The maximum Gasteiger partial charge on any atom is 0.339 e. The average Bonchev–Trinajstić information content (AvgIpc) is 2.78. The summed E-state index contributed by atoms with van der Waals surface area (Å²) in [4.78, 5) is 19.7. The van der Waals surface area contributed by atoms with E-state index >= 15 is 0 Å². The standard InChI is InChI=1S/C14H21N5O2/c1-17(2)6-5-7-18(3)12-10-9-16-19(4)13(10)15-8-11(12)14(20)21/h8-9H,5-7H2,1-4H3,(H,20,21). The van der Waals surface area contributed by atoms with Gasteiger partial charge in [-0.3, -0.25) is 4.68 Å². The van der Waals surface area contributed by atoms with Crippen molar-refractivity contribution in [1.29, 1.82) is 0 Å². The molecule has 0 radical (unpaired) electrons. The van der Waals surface area contributed by atoms with E-state index in [1.807, 2.05) is 26.0 Å². The second kappa shape index (κ2) is 6.09. The van der Waals surface area contributed by atoms with E-state index in [0.717, 1.165) is 24.9 Å². The number of carbonyl (C=O) groups is 1. The summed E-state index contributed by atoms with van der Waals surface area (Å²) < 4.78 is 1.65. The summed E-state index contributed by atoms with van der Waals surface area (Å²) >= 11 is 0. The predicted octanol–water partition coefficient (Wildman–Crippen LogP) is 1.05. The van der Waals surface area contributed by atoms with Crippen LogP contribution in [0.15, 0.2) is 12.4 Å². The highest BCUT2D eigenvalue weighted by molar-refractivity contribution is 6.03. The number of aromatic carboxylic acids is 1. The van der Waals surface area contributed by atoms with Crippen LogP contribution < -0.4 is 4.90 Å². The Morgan fingerprint density at radius 3 is 2.62 bits per heavy atom. The minimum atomic E-state index is -0.970. The first kappa shape index (κ1) is 15.2. The molecule has 7 heteroatoms. The Kier molecular flexibility index (Phi) is 4.42. The van der Waals surface area contributed by atoms with Crippen LogP contribution in [0.2, 0.25) is 0 Å². The molecule has 0 atom stereocenters. The lowest BCUT2D eigenvalue weighted by Gasteiger charge is -2.22. The van der Waals surface area contributed by atoms with Crippen molar-refractivity contribution in [3.63, 3.8) is 0 Å². The van der Waals surface area contributed by atoms with Crippen LogP contribution in [0.4, 0.5) is 5.69 Å². The number of aromatic nitrogens is 3. The summed E-state index contributed by atoms with van der Waals surface area (Å²) in [6.07, 6.45) is 4.03. The molecule has 0 bridgehead atoms. The van der Waals surface area contributed by atoms with Gasteiger partial charge in [-0.2, -0.15) is 5.10 Å². The van der Waals surface area contributed by atoms with Gasteiger partial charge in [0.05, 0.1) is 17.3 Å². The molecule has 0 amide bonds. The van der Waals surface area contributed by atoms with Gasteiger partial charge in [-0.05, 0) is 27.1 Å². The molecule has 0 aromatic carbocycles. The molecule has 0 aliphatic heterocycles. The fourth-order valence-corrected chi connectivity index (χ4v) is 2.39. The van der Waals surface area contributed by atoms with E-state index in [0.29, 0.717) is 11.3 Å². The average molecular weight is 291 g/mol. The maximum absolute atomic E-state index is 11.5. The van der Waals surface area contributed by atoms with Gasteiger partial charge in [0.25, 0.3) is 0 Å². The lowest BCUT2D eigenvalue weighted by atomic mass is 10.1. The summed E-state index contributed by atoms with van der Waals surface area (Å²) in [5.41, 5.74) is 1.58. The molecule has 0 aliphatic rings. The van der Waals surface area contributed by atoms with E-state index in [2.05, 4.69) is 15.0 Å². The SMILES string of the molecule is CN(C)CCCN(C)c1c(C(=O)O)cnc2c1cnn2C. The van der Waals surface area contributed by atoms with Gasteiger partial charge in [0, 0.05) is 26.8 Å². The van der Waals surface area contributed by atoms with Crippen LogP contribution in [0.25, 0.3) is 11.0 Å². The molecule has 7 nitrogen and oxygen atoms in total. The molecule has 1 N–H and O–H groups in total. The molecule has 0 aliphatic carbocycles. The highest BCUT2D eigenvalue weighted by Crippen LogP contribution is 2.28. The molecule has 0 unspecified atom stereocenters. The second-order valence-corrected chi connectivity index (χ2v) is 5.41. The van der Waals surface area contributed by atoms with Crippen molar-refractivity contribution in [3.8, 4) is 0 Å². The topological polar surface area (TPSA) is 74.5 Å². The Balaban J connectivity index is 2.39. The number of anilines is 1. The Bertz CT molecular complexity index is 650. The lowest BCUT2D eigenvalue weighted by Crippen LogP contribution is -2.25. The number of carboxylic acid groups (broad SMARTS) is 1. The second-order valence-electron chi connectivity index (χ2n) is 5.41. The predicted molar refractivity (Wildman–Crippen MR) is 81.9 cm³/mol. The highest BCUT2D eigenvalue weighted by Gasteiger charge is 2.19. The Morgan fingerprint density at radius 2 is 2.00 bits per heavy atom. The first-order valence-corrected chi connectivity index (χ1v) is 6.81. The molecular formula is C14H21N5O2. The number of nitrogens with zero attached hydrogens (tertiary/aromatic N) is 5. The van der Waals surface area contributed by atoms with Crippen LogP contribution in [0.5, 0.6) is 0 Å².